The molecule has 0 radical (unpaired) electrons. The summed E-state index contributed by atoms with van der Waals surface area (Å²) in [6.07, 6.45) is 0. The van der Waals surface area contributed by atoms with E-state index in [1.54, 1.807) is 19.2 Å². The molecule has 19 heavy (non-hydrogen) atoms. The van der Waals surface area contributed by atoms with Crippen LogP contribution in [-0.2, 0) is 0 Å². The van der Waals surface area contributed by atoms with E-state index in [0.29, 0.717) is 11.4 Å². The first-order valence-electron chi connectivity index (χ1n) is 5.65. The first kappa shape index (κ1) is 12.9. The van der Waals surface area contributed by atoms with Crippen molar-refractivity contribution in [1.82, 2.24) is 0 Å². The summed E-state index contributed by atoms with van der Waals surface area (Å²) in [5.74, 6) is -0.221. The van der Waals surface area contributed by atoms with Crippen molar-refractivity contribution in [2.24, 2.45) is 0 Å². The summed E-state index contributed by atoms with van der Waals surface area (Å²) >= 11 is 0. The molecule has 0 saturated heterocycles. The molecule has 0 aliphatic heterocycles. The van der Waals surface area contributed by atoms with Gasteiger partial charge in [0.1, 0.15) is 11.6 Å². The van der Waals surface area contributed by atoms with Crippen LogP contribution < -0.4 is 10.2 Å². The van der Waals surface area contributed by atoms with Gasteiger partial charge in [0.15, 0.2) is 0 Å². The molecule has 2 amide bonds. The van der Waals surface area contributed by atoms with Crippen molar-refractivity contribution in [3.63, 3.8) is 0 Å². The maximum absolute atomic E-state index is 12.7. The van der Waals surface area contributed by atoms with E-state index in [4.69, 9.17) is 0 Å². The number of amides is 2. The van der Waals surface area contributed by atoms with Crippen LogP contribution in [0.1, 0.15) is 0 Å². The van der Waals surface area contributed by atoms with E-state index in [9.17, 15) is 14.3 Å². The lowest BCUT2D eigenvalue weighted by molar-refractivity contribution is 0.258. The number of halogens is 1. The molecule has 2 aromatic rings. The van der Waals surface area contributed by atoms with Crippen molar-refractivity contribution < 1.29 is 14.3 Å². The van der Waals surface area contributed by atoms with Gasteiger partial charge in [0.25, 0.3) is 0 Å². The van der Waals surface area contributed by atoms with E-state index >= 15 is 0 Å². The average Bonchev–Trinajstić information content (AvgIpc) is 2.41. The number of benzene rings is 2. The molecule has 5 heteroatoms. The summed E-state index contributed by atoms with van der Waals surface area (Å²) in [5, 5.41) is 11.8. The molecule has 0 heterocycles. The first-order valence-corrected chi connectivity index (χ1v) is 5.65. The quantitative estimate of drug-likeness (QED) is 0.871. The highest BCUT2D eigenvalue weighted by Crippen LogP contribution is 2.18. The normalized spacial score (nSPS) is 10.0. The van der Waals surface area contributed by atoms with Gasteiger partial charge in [-0.3, -0.25) is 4.90 Å². The molecule has 0 unspecified atom stereocenters. The monoisotopic (exact) mass is 260 g/mol. The fourth-order valence-electron chi connectivity index (χ4n) is 1.53. The van der Waals surface area contributed by atoms with Gasteiger partial charge in [-0.25, -0.2) is 9.18 Å². The third-order valence-electron chi connectivity index (χ3n) is 2.64. The second-order valence-electron chi connectivity index (χ2n) is 4.01. The van der Waals surface area contributed by atoms with Crippen LogP contribution in [0.2, 0.25) is 0 Å². The summed E-state index contributed by atoms with van der Waals surface area (Å²) in [7, 11) is 1.60. The van der Waals surface area contributed by atoms with Crippen LogP contribution >= 0.6 is 0 Å². The Balaban J connectivity index is 2.07. The summed E-state index contributed by atoms with van der Waals surface area (Å²) in [4.78, 5) is 13.3. The molecule has 0 spiro atoms. The molecule has 2 rings (SSSR count). The van der Waals surface area contributed by atoms with Crippen LogP contribution in [-0.4, -0.2) is 18.2 Å². The molecule has 0 aromatic heterocycles. The van der Waals surface area contributed by atoms with Crippen LogP contribution in [0.3, 0.4) is 0 Å². The molecule has 2 aromatic carbocycles. The second kappa shape index (κ2) is 5.39. The largest absolute Gasteiger partial charge is 0.508 e. The van der Waals surface area contributed by atoms with Crippen LogP contribution in [0, 0.1) is 5.82 Å². The molecule has 98 valence electrons. The molecule has 0 aliphatic carbocycles. The van der Waals surface area contributed by atoms with Gasteiger partial charge in [0.2, 0.25) is 0 Å². The number of hydrogen-bond donors (Lipinski definition) is 2. The highest BCUT2D eigenvalue weighted by atomic mass is 19.1. The van der Waals surface area contributed by atoms with Crippen molar-refractivity contribution in [1.29, 1.82) is 0 Å². The number of urea groups is 1. The van der Waals surface area contributed by atoms with Crippen LogP contribution in [0.4, 0.5) is 20.6 Å². The van der Waals surface area contributed by atoms with E-state index in [0.717, 1.165) is 0 Å². The Morgan fingerprint density at radius 1 is 1.11 bits per heavy atom. The number of carbonyl (C=O) groups is 1. The zero-order valence-corrected chi connectivity index (χ0v) is 10.3. The summed E-state index contributed by atoms with van der Waals surface area (Å²) in [5.41, 5.74) is 1.15. The standard InChI is InChI=1S/C14H13FN2O2/c1-17(12-6-8-13(18)9-7-12)14(19)16-11-4-2-10(15)3-5-11/h2-9,18H,1H3,(H,16,19). The number of phenolic OH excluding ortho intramolecular Hbond substituents is 1. The van der Waals surface area contributed by atoms with Crippen molar-refractivity contribution in [3.8, 4) is 5.75 Å². The van der Waals surface area contributed by atoms with Gasteiger partial charge in [0.05, 0.1) is 0 Å². The predicted molar refractivity (Wildman–Crippen MR) is 71.9 cm³/mol. The van der Waals surface area contributed by atoms with Crippen LogP contribution in [0.5, 0.6) is 5.75 Å². The third kappa shape index (κ3) is 3.22. The molecule has 0 fully saturated rings. The Hall–Kier alpha value is -2.56. The summed E-state index contributed by atoms with van der Waals surface area (Å²) in [6.45, 7) is 0. The Morgan fingerprint density at radius 2 is 1.68 bits per heavy atom. The van der Waals surface area contributed by atoms with E-state index in [1.165, 1.54) is 41.3 Å². The molecular formula is C14H13FN2O2. The van der Waals surface area contributed by atoms with Gasteiger partial charge >= 0.3 is 6.03 Å². The number of rotatable bonds is 2. The Morgan fingerprint density at radius 3 is 2.26 bits per heavy atom. The van der Waals surface area contributed by atoms with Crippen molar-refractivity contribution in [3.05, 3.63) is 54.3 Å². The molecule has 0 bridgehead atoms. The van der Waals surface area contributed by atoms with E-state index in [-0.39, 0.29) is 17.6 Å². The lowest BCUT2D eigenvalue weighted by atomic mass is 10.3. The molecule has 0 saturated carbocycles. The van der Waals surface area contributed by atoms with Gasteiger partial charge < -0.3 is 10.4 Å². The minimum absolute atomic E-state index is 0.135. The molecule has 0 atom stereocenters. The number of nitrogens with zero attached hydrogens (tertiary/aromatic N) is 1. The highest BCUT2D eigenvalue weighted by molar-refractivity contribution is 6.01. The molecule has 4 nitrogen and oxygen atoms in total. The van der Waals surface area contributed by atoms with Crippen molar-refractivity contribution in [2.75, 3.05) is 17.3 Å². The number of aromatic hydroxyl groups is 1. The lowest BCUT2D eigenvalue weighted by Crippen LogP contribution is -2.31. The van der Waals surface area contributed by atoms with E-state index in [2.05, 4.69) is 5.32 Å². The number of anilines is 2. The second-order valence-corrected chi connectivity index (χ2v) is 4.01. The van der Waals surface area contributed by atoms with Crippen molar-refractivity contribution in [2.45, 2.75) is 0 Å². The minimum Gasteiger partial charge on any atom is -0.508 e. The first-order chi connectivity index (χ1) is 9.06. The van der Waals surface area contributed by atoms with E-state index < -0.39 is 0 Å². The van der Waals surface area contributed by atoms with Crippen molar-refractivity contribution >= 4 is 17.4 Å². The van der Waals surface area contributed by atoms with Crippen LogP contribution in [0.15, 0.2) is 48.5 Å². The zero-order chi connectivity index (χ0) is 13.8. The molecule has 2 N–H and O–H groups in total. The van der Waals surface area contributed by atoms with Crippen LogP contribution in [0.25, 0.3) is 0 Å². The van der Waals surface area contributed by atoms with E-state index in [1.807, 2.05) is 0 Å². The number of nitrogens with one attached hydrogen (secondary N) is 1. The Kier molecular flexibility index (Phi) is 3.66. The fourth-order valence-corrected chi connectivity index (χ4v) is 1.53. The SMILES string of the molecule is CN(C(=O)Nc1ccc(F)cc1)c1ccc(O)cc1. The maximum atomic E-state index is 12.7. The van der Waals surface area contributed by atoms with Gasteiger partial charge in [-0.05, 0) is 48.5 Å². The van der Waals surface area contributed by atoms with Gasteiger partial charge in [-0.1, -0.05) is 0 Å². The predicted octanol–water partition coefficient (Wildman–Crippen LogP) is 3.20. The average molecular weight is 260 g/mol. The minimum atomic E-state index is -0.357. The third-order valence-corrected chi connectivity index (χ3v) is 2.64. The Labute approximate surface area is 110 Å². The number of phenols is 1. The zero-order valence-electron chi connectivity index (χ0n) is 10.3. The summed E-state index contributed by atoms with van der Waals surface area (Å²) < 4.78 is 12.7. The number of hydrogen-bond acceptors (Lipinski definition) is 2. The fraction of sp³-hybridized carbons (Fsp3) is 0.0714. The topological polar surface area (TPSA) is 52.6 Å². The van der Waals surface area contributed by atoms with Gasteiger partial charge in [-0.2, -0.15) is 0 Å². The maximum Gasteiger partial charge on any atom is 0.326 e. The smallest absolute Gasteiger partial charge is 0.326 e. The Bertz CT molecular complexity index is 567. The molecular weight excluding hydrogens is 247 g/mol. The lowest BCUT2D eigenvalue weighted by Gasteiger charge is -2.18. The highest BCUT2D eigenvalue weighted by Gasteiger charge is 2.10. The van der Waals surface area contributed by atoms with Gasteiger partial charge in [-0.15, -0.1) is 0 Å². The molecule has 0 aliphatic rings. The number of carbonyl (C=O) groups excluding carboxylic acids is 1. The summed E-state index contributed by atoms with van der Waals surface area (Å²) in [6, 6.07) is 11.4. The van der Waals surface area contributed by atoms with Gasteiger partial charge in [0, 0.05) is 18.4 Å².